The van der Waals surface area contributed by atoms with Gasteiger partial charge in [0, 0.05) is 23.4 Å². The highest BCUT2D eigenvalue weighted by Gasteiger charge is 2.25. The second-order valence-corrected chi connectivity index (χ2v) is 6.00. The van der Waals surface area contributed by atoms with Gasteiger partial charge in [-0.1, -0.05) is 19.9 Å². The van der Waals surface area contributed by atoms with E-state index in [2.05, 4.69) is 10.6 Å². The largest absolute Gasteiger partial charge is 0.340 e. The normalized spacial score (nSPS) is 11.7. The Morgan fingerprint density at radius 2 is 1.77 bits per heavy atom. The summed E-state index contributed by atoms with van der Waals surface area (Å²) in [5.74, 6) is -1.72. The number of benzene rings is 2. The molecule has 0 heterocycles. The molecule has 8 heteroatoms. The zero-order chi connectivity index (χ0) is 19.3. The summed E-state index contributed by atoms with van der Waals surface area (Å²) in [7, 11) is 0. The van der Waals surface area contributed by atoms with Crippen LogP contribution in [0, 0.1) is 21.8 Å². The first kappa shape index (κ1) is 19.0. The van der Waals surface area contributed by atoms with Crippen LogP contribution >= 0.6 is 0 Å². The van der Waals surface area contributed by atoms with Crippen LogP contribution in [0.3, 0.4) is 0 Å². The van der Waals surface area contributed by atoms with Crippen molar-refractivity contribution in [3.8, 4) is 0 Å². The molecule has 0 aliphatic heterocycles. The zero-order valence-corrected chi connectivity index (χ0v) is 14.2. The van der Waals surface area contributed by atoms with Gasteiger partial charge < -0.3 is 10.6 Å². The maximum atomic E-state index is 13.0. The summed E-state index contributed by atoms with van der Waals surface area (Å²) in [4.78, 5) is 35.0. The number of rotatable bonds is 6. The molecule has 0 aliphatic rings. The van der Waals surface area contributed by atoms with Crippen LogP contribution in [0.4, 0.5) is 15.8 Å². The maximum absolute atomic E-state index is 13.0. The molecule has 2 aromatic carbocycles. The third-order valence-corrected chi connectivity index (χ3v) is 3.67. The van der Waals surface area contributed by atoms with Crippen molar-refractivity contribution in [2.45, 2.75) is 19.9 Å². The predicted molar refractivity (Wildman–Crippen MR) is 94.2 cm³/mol. The van der Waals surface area contributed by atoms with Gasteiger partial charge >= 0.3 is 0 Å². The van der Waals surface area contributed by atoms with Crippen molar-refractivity contribution in [2.24, 2.45) is 5.92 Å². The molecule has 7 nitrogen and oxygen atoms in total. The number of nitro groups is 1. The minimum Gasteiger partial charge on any atom is -0.340 e. The summed E-state index contributed by atoms with van der Waals surface area (Å²) in [5.41, 5.74) is 0.324. The van der Waals surface area contributed by atoms with E-state index in [1.807, 2.05) is 0 Å². The van der Waals surface area contributed by atoms with Gasteiger partial charge in [-0.05, 0) is 36.2 Å². The minimum absolute atomic E-state index is 0.153. The van der Waals surface area contributed by atoms with E-state index in [0.29, 0.717) is 0 Å². The fraction of sp³-hybridized carbons (Fsp3) is 0.222. The van der Waals surface area contributed by atoms with E-state index in [1.54, 1.807) is 13.8 Å². The predicted octanol–water partition coefficient (Wildman–Crippen LogP) is 3.13. The van der Waals surface area contributed by atoms with Crippen LogP contribution in [0.15, 0.2) is 48.5 Å². The van der Waals surface area contributed by atoms with Gasteiger partial charge in [-0.15, -0.1) is 0 Å². The van der Waals surface area contributed by atoms with E-state index in [4.69, 9.17) is 0 Å². The first-order valence-corrected chi connectivity index (χ1v) is 7.89. The molecule has 1 atom stereocenters. The lowest BCUT2D eigenvalue weighted by Crippen LogP contribution is -2.47. The monoisotopic (exact) mass is 359 g/mol. The number of nitrogens with zero attached hydrogens (tertiary/aromatic N) is 1. The number of hydrogen-bond acceptors (Lipinski definition) is 4. The number of halogens is 1. The van der Waals surface area contributed by atoms with Gasteiger partial charge in [0.15, 0.2) is 0 Å². The number of nitro benzene ring substituents is 1. The molecular formula is C18H18FN3O4. The van der Waals surface area contributed by atoms with Gasteiger partial charge in [-0.3, -0.25) is 19.7 Å². The molecule has 26 heavy (non-hydrogen) atoms. The molecule has 136 valence electrons. The lowest BCUT2D eigenvalue weighted by atomic mass is 10.0. The zero-order valence-electron chi connectivity index (χ0n) is 14.2. The summed E-state index contributed by atoms with van der Waals surface area (Å²) in [6.07, 6.45) is 0. The Morgan fingerprint density at radius 1 is 1.12 bits per heavy atom. The number of nitrogens with one attached hydrogen (secondary N) is 2. The Morgan fingerprint density at radius 3 is 2.35 bits per heavy atom. The fourth-order valence-electron chi connectivity index (χ4n) is 2.28. The third kappa shape index (κ3) is 4.85. The second kappa shape index (κ2) is 8.19. The van der Waals surface area contributed by atoms with Crippen LogP contribution in [-0.4, -0.2) is 22.8 Å². The first-order valence-electron chi connectivity index (χ1n) is 7.89. The minimum atomic E-state index is -0.869. The Kier molecular flexibility index (Phi) is 6.00. The molecule has 0 saturated carbocycles. The van der Waals surface area contributed by atoms with E-state index in [1.165, 1.54) is 36.4 Å². The van der Waals surface area contributed by atoms with Crippen molar-refractivity contribution in [2.75, 3.05) is 5.32 Å². The number of carbonyl (C=O) groups excluding carboxylic acids is 2. The Bertz CT molecular complexity index is 821. The summed E-state index contributed by atoms with van der Waals surface area (Å²) >= 11 is 0. The SMILES string of the molecule is CC(C)C(NC(=O)c1ccc(F)cc1)C(=O)Nc1cccc([N+](=O)[O-])c1. The molecule has 2 aromatic rings. The maximum Gasteiger partial charge on any atom is 0.271 e. The Balaban J connectivity index is 2.12. The molecule has 1 unspecified atom stereocenters. The summed E-state index contributed by atoms with van der Waals surface area (Å²) in [5, 5.41) is 16.0. The van der Waals surface area contributed by atoms with Crippen molar-refractivity contribution >= 4 is 23.2 Å². The van der Waals surface area contributed by atoms with Gasteiger partial charge in [0.1, 0.15) is 11.9 Å². The van der Waals surface area contributed by atoms with E-state index >= 15 is 0 Å². The third-order valence-electron chi connectivity index (χ3n) is 3.67. The average molecular weight is 359 g/mol. The van der Waals surface area contributed by atoms with Gasteiger partial charge in [-0.2, -0.15) is 0 Å². The highest BCUT2D eigenvalue weighted by Crippen LogP contribution is 2.18. The molecule has 0 bridgehead atoms. The Labute approximate surface area is 149 Å². The molecule has 0 aliphatic carbocycles. The fourth-order valence-corrected chi connectivity index (χ4v) is 2.28. The number of anilines is 1. The second-order valence-electron chi connectivity index (χ2n) is 6.00. The summed E-state index contributed by atoms with van der Waals surface area (Å²) in [6.45, 7) is 3.51. The van der Waals surface area contributed by atoms with Crippen LogP contribution in [0.25, 0.3) is 0 Å². The number of hydrogen-bond donors (Lipinski definition) is 2. The molecule has 0 aromatic heterocycles. The first-order chi connectivity index (χ1) is 12.3. The van der Waals surface area contributed by atoms with Gasteiger partial charge in [-0.25, -0.2) is 4.39 Å². The van der Waals surface area contributed by atoms with Crippen LogP contribution in [0.5, 0.6) is 0 Å². The van der Waals surface area contributed by atoms with Gasteiger partial charge in [0.05, 0.1) is 4.92 Å². The van der Waals surface area contributed by atoms with E-state index in [9.17, 15) is 24.1 Å². The number of carbonyl (C=O) groups is 2. The number of non-ortho nitro benzene ring substituents is 1. The van der Waals surface area contributed by atoms with E-state index in [-0.39, 0.29) is 22.9 Å². The molecule has 2 rings (SSSR count). The van der Waals surface area contributed by atoms with Crippen molar-refractivity contribution in [3.05, 3.63) is 70.0 Å². The van der Waals surface area contributed by atoms with Crippen molar-refractivity contribution in [1.29, 1.82) is 0 Å². The number of amides is 2. The van der Waals surface area contributed by atoms with Crippen LogP contribution < -0.4 is 10.6 Å². The lowest BCUT2D eigenvalue weighted by Gasteiger charge is -2.21. The van der Waals surface area contributed by atoms with Crippen LogP contribution in [0.1, 0.15) is 24.2 Å². The lowest BCUT2D eigenvalue weighted by molar-refractivity contribution is -0.384. The van der Waals surface area contributed by atoms with Crippen LogP contribution in [-0.2, 0) is 4.79 Å². The molecule has 0 saturated heterocycles. The van der Waals surface area contributed by atoms with Crippen molar-refractivity contribution in [1.82, 2.24) is 5.32 Å². The molecule has 2 amide bonds. The highest BCUT2D eigenvalue weighted by atomic mass is 19.1. The van der Waals surface area contributed by atoms with Crippen molar-refractivity contribution in [3.63, 3.8) is 0 Å². The Hall–Kier alpha value is -3.29. The molecule has 0 spiro atoms. The average Bonchev–Trinajstić information content (AvgIpc) is 2.59. The van der Waals surface area contributed by atoms with Gasteiger partial charge in [0.2, 0.25) is 5.91 Å². The molecule has 0 fully saturated rings. The summed E-state index contributed by atoms with van der Waals surface area (Å²) in [6, 6.07) is 9.60. The molecular weight excluding hydrogens is 341 g/mol. The van der Waals surface area contributed by atoms with E-state index < -0.39 is 28.6 Å². The molecule has 0 radical (unpaired) electrons. The quantitative estimate of drug-likeness (QED) is 0.611. The smallest absolute Gasteiger partial charge is 0.271 e. The highest BCUT2D eigenvalue weighted by molar-refractivity contribution is 6.01. The molecule has 2 N–H and O–H groups in total. The standard InChI is InChI=1S/C18H18FN3O4/c1-11(2)16(21-17(23)12-6-8-13(19)9-7-12)18(24)20-14-4-3-5-15(10-14)22(25)26/h3-11,16H,1-2H3,(H,20,24)(H,21,23). The topological polar surface area (TPSA) is 101 Å². The van der Waals surface area contributed by atoms with Crippen LogP contribution in [0.2, 0.25) is 0 Å². The van der Waals surface area contributed by atoms with Gasteiger partial charge in [0.25, 0.3) is 11.6 Å². The van der Waals surface area contributed by atoms with E-state index in [0.717, 1.165) is 12.1 Å². The van der Waals surface area contributed by atoms with Crippen molar-refractivity contribution < 1.29 is 18.9 Å². The summed E-state index contributed by atoms with van der Waals surface area (Å²) < 4.78 is 13.0.